The van der Waals surface area contributed by atoms with E-state index < -0.39 is 0 Å². The van der Waals surface area contributed by atoms with Gasteiger partial charge in [0.25, 0.3) is 0 Å². The number of rotatable bonds is 5. The molecule has 6 nitrogen and oxygen atoms in total. The second-order valence-electron chi connectivity index (χ2n) is 8.50. The van der Waals surface area contributed by atoms with Gasteiger partial charge >= 0.3 is 0 Å². The summed E-state index contributed by atoms with van der Waals surface area (Å²) in [6, 6.07) is 16.4. The fourth-order valence-electron chi connectivity index (χ4n) is 4.22. The van der Waals surface area contributed by atoms with Crippen molar-refractivity contribution in [2.45, 2.75) is 32.7 Å². The number of fused-ring (bicyclic) bond motifs is 1. The first-order valence-electron chi connectivity index (χ1n) is 10.8. The molecule has 0 spiro atoms. The van der Waals surface area contributed by atoms with Crippen LogP contribution in [-0.4, -0.2) is 25.4 Å². The van der Waals surface area contributed by atoms with Gasteiger partial charge in [0.05, 0.1) is 13.0 Å². The number of anilines is 1. The Kier molecular flexibility index (Phi) is 5.05. The topological polar surface area (TPSA) is 63.9 Å². The number of imidazole rings is 1. The van der Waals surface area contributed by atoms with Crippen molar-refractivity contribution in [1.29, 1.82) is 0 Å². The number of carbonyl (C=O) groups excluding carboxylic acids is 1. The molecule has 0 bridgehead atoms. The number of hydrogen-bond donors (Lipinski definition) is 0. The van der Waals surface area contributed by atoms with Gasteiger partial charge in [0.2, 0.25) is 5.91 Å². The first-order valence-corrected chi connectivity index (χ1v) is 10.8. The van der Waals surface area contributed by atoms with Crippen LogP contribution in [0.2, 0.25) is 0 Å². The largest absolute Gasteiger partial charge is 0.334 e. The first-order chi connectivity index (χ1) is 15.5. The van der Waals surface area contributed by atoms with E-state index in [1.807, 2.05) is 54.2 Å². The number of benzene rings is 2. The minimum atomic E-state index is 0.0526. The lowest BCUT2D eigenvalue weighted by molar-refractivity contribution is -0.117. The molecule has 2 aromatic carbocycles. The van der Waals surface area contributed by atoms with E-state index in [2.05, 4.69) is 35.9 Å². The van der Waals surface area contributed by atoms with Crippen LogP contribution in [-0.2, 0) is 24.8 Å². The molecule has 160 valence electrons. The molecule has 0 N–H and O–H groups in total. The third-order valence-corrected chi connectivity index (χ3v) is 5.94. The molecule has 0 fully saturated rings. The molecule has 2 aromatic heterocycles. The van der Waals surface area contributed by atoms with Gasteiger partial charge < -0.3 is 4.57 Å². The van der Waals surface area contributed by atoms with Crippen LogP contribution in [0.4, 0.5) is 5.82 Å². The first kappa shape index (κ1) is 20.1. The van der Waals surface area contributed by atoms with Gasteiger partial charge in [-0.3, -0.25) is 9.69 Å². The fraction of sp³-hybridized carbons (Fsp3) is 0.231. The predicted octanol–water partition coefficient (Wildman–Crippen LogP) is 4.76. The van der Waals surface area contributed by atoms with Crippen molar-refractivity contribution in [1.82, 2.24) is 19.5 Å². The Morgan fingerprint density at radius 3 is 2.53 bits per heavy atom. The van der Waals surface area contributed by atoms with Gasteiger partial charge in [-0.15, -0.1) is 0 Å². The van der Waals surface area contributed by atoms with Gasteiger partial charge in [0.15, 0.2) is 5.82 Å². The van der Waals surface area contributed by atoms with Crippen molar-refractivity contribution in [3.05, 3.63) is 83.8 Å². The van der Waals surface area contributed by atoms with Gasteiger partial charge in [-0.1, -0.05) is 62.4 Å². The van der Waals surface area contributed by atoms with Crippen molar-refractivity contribution >= 4 is 11.7 Å². The Balaban J connectivity index is 1.45. The summed E-state index contributed by atoms with van der Waals surface area (Å²) in [5.41, 5.74) is 5.19. The van der Waals surface area contributed by atoms with Crippen LogP contribution in [0, 0.1) is 0 Å². The zero-order valence-electron chi connectivity index (χ0n) is 18.5. The van der Waals surface area contributed by atoms with E-state index in [-0.39, 0.29) is 5.91 Å². The SMILES string of the molecule is CC(C)c1ccccc1-c1ncc2c(n1)N(Cc1ccc(-c3nccn3C)cc1)C(=O)C2. The Morgan fingerprint density at radius 1 is 1.03 bits per heavy atom. The van der Waals surface area contributed by atoms with E-state index >= 15 is 0 Å². The van der Waals surface area contributed by atoms with E-state index in [0.29, 0.717) is 30.5 Å². The Morgan fingerprint density at radius 2 is 1.81 bits per heavy atom. The van der Waals surface area contributed by atoms with Crippen LogP contribution in [0.3, 0.4) is 0 Å². The van der Waals surface area contributed by atoms with Gasteiger partial charge in [-0.2, -0.15) is 0 Å². The minimum Gasteiger partial charge on any atom is -0.334 e. The molecule has 0 saturated heterocycles. The van der Waals surface area contributed by atoms with Crippen LogP contribution in [0.15, 0.2) is 67.1 Å². The summed E-state index contributed by atoms with van der Waals surface area (Å²) >= 11 is 0. The van der Waals surface area contributed by atoms with Crippen molar-refractivity contribution in [2.75, 3.05) is 4.90 Å². The van der Waals surface area contributed by atoms with Gasteiger partial charge in [0, 0.05) is 42.3 Å². The van der Waals surface area contributed by atoms with Crippen LogP contribution in [0.25, 0.3) is 22.8 Å². The predicted molar refractivity (Wildman–Crippen MR) is 125 cm³/mol. The number of carbonyl (C=O) groups is 1. The summed E-state index contributed by atoms with van der Waals surface area (Å²) in [4.78, 5) is 28.4. The maximum absolute atomic E-state index is 12.8. The summed E-state index contributed by atoms with van der Waals surface area (Å²) in [5, 5.41) is 0. The van der Waals surface area contributed by atoms with Crippen LogP contribution in [0.1, 0.15) is 36.5 Å². The highest BCUT2D eigenvalue weighted by Gasteiger charge is 2.30. The minimum absolute atomic E-state index is 0.0526. The molecule has 1 amide bonds. The maximum atomic E-state index is 12.8. The smallest absolute Gasteiger partial charge is 0.233 e. The number of amides is 1. The lowest BCUT2D eigenvalue weighted by Gasteiger charge is -2.18. The quantitative estimate of drug-likeness (QED) is 0.464. The normalized spacial score (nSPS) is 13.1. The van der Waals surface area contributed by atoms with Crippen molar-refractivity contribution < 1.29 is 4.79 Å². The summed E-state index contributed by atoms with van der Waals surface area (Å²) in [6.45, 7) is 4.81. The highest BCUT2D eigenvalue weighted by atomic mass is 16.2. The molecule has 0 radical (unpaired) electrons. The molecule has 3 heterocycles. The molecule has 6 heteroatoms. The molecule has 5 rings (SSSR count). The second-order valence-corrected chi connectivity index (χ2v) is 8.50. The van der Waals surface area contributed by atoms with Gasteiger partial charge in [-0.05, 0) is 17.0 Å². The Bertz CT molecular complexity index is 1290. The standard InChI is InChI=1S/C26H25N5O/c1-17(2)21-6-4-5-7-22(21)24-28-15-20-14-23(32)31(26(20)29-24)16-18-8-10-19(11-9-18)25-27-12-13-30(25)3/h4-13,15,17H,14,16H2,1-3H3. The third-order valence-electron chi connectivity index (χ3n) is 5.94. The maximum Gasteiger partial charge on any atom is 0.233 e. The molecular formula is C26H25N5O. The molecule has 1 aliphatic heterocycles. The molecule has 0 atom stereocenters. The van der Waals surface area contributed by atoms with Crippen LogP contribution < -0.4 is 4.90 Å². The number of nitrogens with zero attached hydrogens (tertiary/aromatic N) is 5. The Hall–Kier alpha value is -3.80. The summed E-state index contributed by atoms with van der Waals surface area (Å²) < 4.78 is 1.99. The fourth-order valence-corrected chi connectivity index (χ4v) is 4.22. The molecule has 1 aliphatic rings. The monoisotopic (exact) mass is 423 g/mol. The van der Waals surface area contributed by atoms with E-state index in [1.54, 1.807) is 17.3 Å². The molecule has 0 unspecified atom stereocenters. The van der Waals surface area contributed by atoms with E-state index in [0.717, 1.165) is 28.1 Å². The average Bonchev–Trinajstić information content (AvgIpc) is 3.36. The lowest BCUT2D eigenvalue weighted by atomic mass is 9.97. The Labute approximate surface area is 187 Å². The number of aryl methyl sites for hydroxylation is 1. The molecule has 32 heavy (non-hydrogen) atoms. The van der Waals surface area contributed by atoms with Crippen molar-refractivity contribution in [3.8, 4) is 22.8 Å². The summed E-state index contributed by atoms with van der Waals surface area (Å²) in [5.74, 6) is 2.71. The van der Waals surface area contributed by atoms with Crippen molar-refractivity contribution in [3.63, 3.8) is 0 Å². The second kappa shape index (κ2) is 8.04. The van der Waals surface area contributed by atoms with Gasteiger partial charge in [-0.25, -0.2) is 15.0 Å². The highest BCUT2D eigenvalue weighted by Crippen LogP contribution is 2.32. The molecule has 0 saturated carbocycles. The van der Waals surface area contributed by atoms with Gasteiger partial charge in [0.1, 0.15) is 11.6 Å². The molecule has 0 aliphatic carbocycles. The number of aromatic nitrogens is 4. The van der Waals surface area contributed by atoms with Crippen LogP contribution >= 0.6 is 0 Å². The van der Waals surface area contributed by atoms with E-state index in [1.165, 1.54) is 5.56 Å². The lowest BCUT2D eigenvalue weighted by Crippen LogP contribution is -2.26. The van der Waals surface area contributed by atoms with Crippen molar-refractivity contribution in [2.24, 2.45) is 7.05 Å². The van der Waals surface area contributed by atoms with E-state index in [9.17, 15) is 4.79 Å². The van der Waals surface area contributed by atoms with Crippen LogP contribution in [0.5, 0.6) is 0 Å². The molecule has 4 aromatic rings. The zero-order valence-corrected chi connectivity index (χ0v) is 18.5. The number of hydrogen-bond acceptors (Lipinski definition) is 4. The average molecular weight is 424 g/mol. The highest BCUT2D eigenvalue weighted by molar-refractivity contribution is 6.00. The molecular weight excluding hydrogens is 398 g/mol. The summed E-state index contributed by atoms with van der Waals surface area (Å²) in [7, 11) is 1.98. The third kappa shape index (κ3) is 3.58. The zero-order chi connectivity index (χ0) is 22.2. The van der Waals surface area contributed by atoms with E-state index in [4.69, 9.17) is 4.98 Å². The summed E-state index contributed by atoms with van der Waals surface area (Å²) in [6.07, 6.45) is 5.86.